The number of likely N-dealkylation sites (tertiary alicyclic amines) is 1. The maximum atomic E-state index is 13.1. The minimum Gasteiger partial charge on any atom is -0.508 e. The van der Waals surface area contributed by atoms with E-state index < -0.39 is 35.9 Å². The van der Waals surface area contributed by atoms with Gasteiger partial charge in [0.15, 0.2) is 5.96 Å². The van der Waals surface area contributed by atoms with E-state index in [0.29, 0.717) is 44.3 Å². The van der Waals surface area contributed by atoms with Gasteiger partial charge in [-0.25, -0.2) is 4.79 Å². The van der Waals surface area contributed by atoms with Crippen LogP contribution in [0.2, 0.25) is 0 Å². The van der Waals surface area contributed by atoms with Crippen LogP contribution in [0.3, 0.4) is 0 Å². The van der Waals surface area contributed by atoms with Crippen LogP contribution in [0.4, 0.5) is 0 Å². The normalized spacial score (nSPS) is 17.6. The van der Waals surface area contributed by atoms with Crippen molar-refractivity contribution in [3.05, 3.63) is 29.8 Å². The fourth-order valence-electron chi connectivity index (χ4n) is 3.48. The highest BCUT2D eigenvalue weighted by atomic mass is 16.4. The molecule has 1 heterocycles. The molecule has 0 radical (unpaired) electrons. The number of nitrogens with two attached hydrogens (primary N) is 3. The first-order valence-electron chi connectivity index (χ1n) is 10.1. The molecule has 1 aliphatic rings. The Balaban J connectivity index is 2.10. The van der Waals surface area contributed by atoms with Gasteiger partial charge in [-0.15, -0.1) is 0 Å². The Morgan fingerprint density at radius 3 is 2.52 bits per heavy atom. The van der Waals surface area contributed by atoms with Gasteiger partial charge in [-0.2, -0.15) is 0 Å². The van der Waals surface area contributed by atoms with Gasteiger partial charge in [0.25, 0.3) is 0 Å². The number of amides is 2. The Labute approximate surface area is 180 Å². The van der Waals surface area contributed by atoms with E-state index >= 15 is 0 Å². The van der Waals surface area contributed by atoms with Crippen LogP contribution in [-0.2, 0) is 20.8 Å². The second-order valence-electron chi connectivity index (χ2n) is 7.51. The van der Waals surface area contributed by atoms with Gasteiger partial charge < -0.3 is 37.6 Å². The van der Waals surface area contributed by atoms with Gasteiger partial charge in [0.1, 0.15) is 17.8 Å². The van der Waals surface area contributed by atoms with Crippen molar-refractivity contribution in [2.75, 3.05) is 13.1 Å². The van der Waals surface area contributed by atoms with Gasteiger partial charge in [-0.3, -0.25) is 14.6 Å². The predicted molar refractivity (Wildman–Crippen MR) is 114 cm³/mol. The first-order valence-corrected chi connectivity index (χ1v) is 10.1. The van der Waals surface area contributed by atoms with Crippen LogP contribution in [0.25, 0.3) is 0 Å². The van der Waals surface area contributed by atoms with E-state index in [4.69, 9.17) is 17.2 Å². The Morgan fingerprint density at radius 2 is 1.90 bits per heavy atom. The zero-order valence-electron chi connectivity index (χ0n) is 17.2. The zero-order chi connectivity index (χ0) is 23.0. The monoisotopic (exact) mass is 434 g/mol. The molecular weight excluding hydrogens is 404 g/mol. The molecular formula is C20H30N6O5. The number of benzene rings is 1. The molecule has 1 aromatic rings. The van der Waals surface area contributed by atoms with Crippen LogP contribution in [0.1, 0.15) is 31.2 Å². The molecule has 0 aromatic heterocycles. The van der Waals surface area contributed by atoms with Crippen LogP contribution in [0, 0.1) is 0 Å². The smallest absolute Gasteiger partial charge is 0.326 e. The average Bonchev–Trinajstić information content (AvgIpc) is 3.21. The molecule has 0 aliphatic carbocycles. The number of phenolic OH excluding ortho intramolecular Hbond substituents is 1. The van der Waals surface area contributed by atoms with Gasteiger partial charge in [0.05, 0.1) is 6.04 Å². The van der Waals surface area contributed by atoms with E-state index in [-0.39, 0.29) is 18.1 Å². The fraction of sp³-hybridized carbons (Fsp3) is 0.500. The first kappa shape index (κ1) is 23.9. The van der Waals surface area contributed by atoms with E-state index in [2.05, 4.69) is 10.3 Å². The second kappa shape index (κ2) is 11.2. The minimum absolute atomic E-state index is 0.0452. The van der Waals surface area contributed by atoms with Crippen molar-refractivity contribution in [3.8, 4) is 5.75 Å². The Kier molecular flexibility index (Phi) is 8.62. The maximum Gasteiger partial charge on any atom is 0.326 e. The number of rotatable bonds is 10. The highest BCUT2D eigenvalue weighted by Crippen LogP contribution is 2.20. The number of aliphatic imine (C=N–C) groups is 1. The van der Waals surface area contributed by atoms with Crippen LogP contribution >= 0.6 is 0 Å². The standard InChI is InChI=1S/C20H30N6O5/c21-14(3-1-9-24-20(22)23)17(28)25-15(11-12-5-7-13(27)8-6-12)18(29)26-10-2-4-16(26)19(30)31/h5-8,14-16,27H,1-4,9-11,21H2,(H,25,28)(H,30,31)(H4,22,23,24)/t14-,15-,16+/m0/s1. The third kappa shape index (κ3) is 7.14. The summed E-state index contributed by atoms with van der Waals surface area (Å²) >= 11 is 0. The van der Waals surface area contributed by atoms with Crippen LogP contribution in [0.5, 0.6) is 5.75 Å². The van der Waals surface area contributed by atoms with Gasteiger partial charge in [0.2, 0.25) is 11.8 Å². The molecule has 0 spiro atoms. The molecule has 0 bridgehead atoms. The van der Waals surface area contributed by atoms with Crippen molar-refractivity contribution in [2.24, 2.45) is 22.2 Å². The molecule has 0 unspecified atom stereocenters. The first-order chi connectivity index (χ1) is 14.7. The molecule has 11 heteroatoms. The topological polar surface area (TPSA) is 197 Å². The molecule has 1 aromatic carbocycles. The zero-order valence-corrected chi connectivity index (χ0v) is 17.2. The molecule has 0 saturated carbocycles. The fourth-order valence-corrected chi connectivity index (χ4v) is 3.48. The molecule has 170 valence electrons. The Hall–Kier alpha value is -3.34. The molecule has 11 nitrogen and oxygen atoms in total. The van der Waals surface area contributed by atoms with Crippen molar-refractivity contribution < 1.29 is 24.6 Å². The third-order valence-corrected chi connectivity index (χ3v) is 5.12. The van der Waals surface area contributed by atoms with Gasteiger partial charge in [0, 0.05) is 19.5 Å². The van der Waals surface area contributed by atoms with Crippen LogP contribution in [-0.4, -0.2) is 70.1 Å². The summed E-state index contributed by atoms with van der Waals surface area (Å²) in [4.78, 5) is 42.4. The summed E-state index contributed by atoms with van der Waals surface area (Å²) in [6.07, 6.45) is 1.87. The lowest BCUT2D eigenvalue weighted by atomic mass is 10.0. The number of carboxylic acid groups (broad SMARTS) is 1. The number of hydrogen-bond donors (Lipinski definition) is 6. The average molecular weight is 434 g/mol. The second-order valence-corrected chi connectivity index (χ2v) is 7.51. The number of carbonyl (C=O) groups is 3. The summed E-state index contributed by atoms with van der Waals surface area (Å²) in [5.74, 6) is -2.04. The SMILES string of the molecule is NC(N)=NCCC[C@H](N)C(=O)N[C@@H](Cc1ccc(O)cc1)C(=O)N1CCC[C@@H]1C(=O)O. The van der Waals surface area contributed by atoms with E-state index in [1.807, 2.05) is 0 Å². The van der Waals surface area contributed by atoms with Gasteiger partial charge >= 0.3 is 5.97 Å². The highest BCUT2D eigenvalue weighted by molar-refractivity contribution is 5.92. The van der Waals surface area contributed by atoms with Crippen molar-refractivity contribution in [1.82, 2.24) is 10.2 Å². The largest absolute Gasteiger partial charge is 0.508 e. The van der Waals surface area contributed by atoms with E-state index in [1.165, 1.54) is 17.0 Å². The number of hydrogen-bond acceptors (Lipinski definition) is 6. The summed E-state index contributed by atoms with van der Waals surface area (Å²) in [5, 5.41) is 21.5. The lowest BCUT2D eigenvalue weighted by molar-refractivity contribution is -0.149. The van der Waals surface area contributed by atoms with E-state index in [0.717, 1.165) is 0 Å². The number of carbonyl (C=O) groups excluding carboxylic acids is 2. The van der Waals surface area contributed by atoms with Crippen molar-refractivity contribution >= 4 is 23.7 Å². The summed E-state index contributed by atoms with van der Waals surface area (Å²) in [6.45, 7) is 0.634. The highest BCUT2D eigenvalue weighted by Gasteiger charge is 2.38. The summed E-state index contributed by atoms with van der Waals surface area (Å²) in [6, 6.07) is 3.44. The molecule has 1 aliphatic heterocycles. The van der Waals surface area contributed by atoms with E-state index in [9.17, 15) is 24.6 Å². The number of aliphatic carboxylic acids is 1. The van der Waals surface area contributed by atoms with Crippen LogP contribution < -0.4 is 22.5 Å². The van der Waals surface area contributed by atoms with Crippen molar-refractivity contribution in [1.29, 1.82) is 0 Å². The Bertz CT molecular complexity index is 809. The summed E-state index contributed by atoms with van der Waals surface area (Å²) < 4.78 is 0. The summed E-state index contributed by atoms with van der Waals surface area (Å²) in [5.41, 5.74) is 17.2. The molecule has 2 amide bonds. The molecule has 1 fully saturated rings. The van der Waals surface area contributed by atoms with Gasteiger partial charge in [-0.05, 0) is 43.4 Å². The number of guanidine groups is 1. The van der Waals surface area contributed by atoms with Crippen molar-refractivity contribution in [2.45, 2.75) is 50.2 Å². The quantitative estimate of drug-likeness (QED) is 0.151. The number of nitrogens with zero attached hydrogens (tertiary/aromatic N) is 2. The van der Waals surface area contributed by atoms with Gasteiger partial charge in [-0.1, -0.05) is 12.1 Å². The maximum absolute atomic E-state index is 13.1. The predicted octanol–water partition coefficient (Wildman–Crippen LogP) is -1.12. The molecule has 3 atom stereocenters. The number of carboxylic acids is 1. The summed E-state index contributed by atoms with van der Waals surface area (Å²) in [7, 11) is 0. The van der Waals surface area contributed by atoms with E-state index in [1.54, 1.807) is 12.1 Å². The number of aromatic hydroxyl groups is 1. The molecule has 1 saturated heterocycles. The van der Waals surface area contributed by atoms with Crippen LogP contribution in [0.15, 0.2) is 29.3 Å². The third-order valence-electron chi connectivity index (χ3n) is 5.12. The number of phenols is 1. The lowest BCUT2D eigenvalue weighted by Gasteiger charge is -2.28. The molecule has 2 rings (SSSR count). The molecule has 9 N–H and O–H groups in total. The van der Waals surface area contributed by atoms with Crippen molar-refractivity contribution in [3.63, 3.8) is 0 Å². The minimum atomic E-state index is -1.07. The number of nitrogens with one attached hydrogen (secondary N) is 1. The Morgan fingerprint density at radius 1 is 1.23 bits per heavy atom. The lowest BCUT2D eigenvalue weighted by Crippen LogP contribution is -2.55. The molecule has 31 heavy (non-hydrogen) atoms.